The Balaban J connectivity index is 0.00000144. The van der Waals surface area contributed by atoms with Gasteiger partial charge in [0.1, 0.15) is 11.1 Å². The molecule has 0 bridgehead atoms. The Hall–Kier alpha value is -0.960. The molecule has 0 aromatic carbocycles. The van der Waals surface area contributed by atoms with Crippen molar-refractivity contribution >= 4 is 23.2 Å². The Kier molecular flexibility index (Phi) is 5.56. The van der Waals surface area contributed by atoms with Gasteiger partial charge < -0.3 is 5.32 Å². The number of hydrogen-bond donors (Lipinski definition) is 1. The summed E-state index contributed by atoms with van der Waals surface area (Å²) in [6.45, 7) is 1.73. The van der Waals surface area contributed by atoms with Crippen molar-refractivity contribution in [2.24, 2.45) is 0 Å². The van der Waals surface area contributed by atoms with Crippen LogP contribution in [0.1, 0.15) is 18.4 Å². The molecule has 92 valence electrons. The van der Waals surface area contributed by atoms with Crippen molar-refractivity contribution in [2.75, 3.05) is 13.1 Å². The molecule has 1 fully saturated rings. The first-order valence-electron chi connectivity index (χ1n) is 5.29. The first-order valence-corrected chi connectivity index (χ1v) is 6.50. The third kappa shape index (κ3) is 3.25. The fourth-order valence-corrected chi connectivity index (χ4v) is 3.26. The van der Waals surface area contributed by atoms with Crippen LogP contribution < -0.4 is 5.32 Å². The van der Waals surface area contributed by atoms with E-state index in [1.807, 2.05) is 6.07 Å². The number of aromatic nitrogens is 1. The average Bonchev–Trinajstić information content (AvgIpc) is 2.39. The number of pyridine rings is 1. The molecule has 1 aliphatic rings. The molecular weight excluding hydrogens is 258 g/mol. The van der Waals surface area contributed by atoms with E-state index in [1.165, 1.54) is 0 Å². The molecule has 1 N–H and O–H groups in total. The molecule has 0 radical (unpaired) electrons. The van der Waals surface area contributed by atoms with Gasteiger partial charge in [-0.2, -0.15) is 5.26 Å². The predicted molar refractivity (Wildman–Crippen MR) is 68.5 cm³/mol. The molecule has 1 saturated heterocycles. The van der Waals surface area contributed by atoms with Gasteiger partial charge in [0.05, 0.1) is 21.6 Å². The summed E-state index contributed by atoms with van der Waals surface area (Å²) < 4.78 is 12.2. The van der Waals surface area contributed by atoms with Crippen molar-refractivity contribution in [2.45, 2.75) is 23.1 Å². The molecule has 0 amide bonds. The van der Waals surface area contributed by atoms with Gasteiger partial charge in [0.15, 0.2) is 0 Å². The minimum atomic E-state index is -1.18. The van der Waals surface area contributed by atoms with Gasteiger partial charge in [-0.05, 0) is 31.5 Å². The number of halogens is 1. The minimum Gasteiger partial charge on any atom is -0.316 e. The Labute approximate surface area is 109 Å². The van der Waals surface area contributed by atoms with E-state index in [0.717, 1.165) is 25.9 Å². The van der Waals surface area contributed by atoms with E-state index >= 15 is 0 Å². The zero-order chi connectivity index (χ0) is 11.4. The highest BCUT2D eigenvalue weighted by atomic mass is 35.5. The zero-order valence-corrected chi connectivity index (χ0v) is 10.9. The molecule has 4 nitrogen and oxygen atoms in total. The van der Waals surface area contributed by atoms with Crippen molar-refractivity contribution in [1.29, 1.82) is 5.26 Å². The molecule has 0 spiro atoms. The van der Waals surface area contributed by atoms with Crippen molar-refractivity contribution in [3.8, 4) is 6.07 Å². The van der Waals surface area contributed by atoms with E-state index in [4.69, 9.17) is 5.26 Å². The molecule has 1 aromatic heterocycles. The number of nitrogens with one attached hydrogen (secondary N) is 1. The number of nitrogens with zero attached hydrogens (tertiary/aromatic N) is 2. The molecule has 0 saturated carbocycles. The summed E-state index contributed by atoms with van der Waals surface area (Å²) in [5, 5.41) is 12.7. The normalized spacial score (nSPS) is 21.0. The Morgan fingerprint density at radius 1 is 1.59 bits per heavy atom. The molecule has 2 rings (SSSR count). The minimum absolute atomic E-state index is 0. The monoisotopic (exact) mass is 271 g/mol. The van der Waals surface area contributed by atoms with E-state index in [1.54, 1.807) is 18.3 Å². The topological polar surface area (TPSA) is 65.8 Å². The van der Waals surface area contributed by atoms with Crippen LogP contribution in [0.3, 0.4) is 0 Å². The maximum atomic E-state index is 12.2. The van der Waals surface area contributed by atoms with Crippen LogP contribution in [0.5, 0.6) is 0 Å². The van der Waals surface area contributed by atoms with E-state index in [0.29, 0.717) is 10.6 Å². The highest BCUT2D eigenvalue weighted by Crippen LogP contribution is 2.17. The van der Waals surface area contributed by atoms with Gasteiger partial charge in [0.25, 0.3) is 0 Å². The van der Waals surface area contributed by atoms with Gasteiger partial charge in [-0.15, -0.1) is 12.4 Å². The first kappa shape index (κ1) is 14.1. The fraction of sp³-hybridized carbons (Fsp3) is 0.455. The Morgan fingerprint density at radius 2 is 2.41 bits per heavy atom. The third-order valence-corrected chi connectivity index (χ3v) is 4.35. The van der Waals surface area contributed by atoms with Crippen molar-refractivity contribution in [3.63, 3.8) is 0 Å². The molecule has 2 heterocycles. The van der Waals surface area contributed by atoms with E-state index in [2.05, 4.69) is 10.3 Å². The smallest absolute Gasteiger partial charge is 0.145 e. The zero-order valence-electron chi connectivity index (χ0n) is 9.26. The SMILES string of the molecule is Cl.N#Cc1cccnc1S(=O)C1CCCNC1. The lowest BCUT2D eigenvalue weighted by Gasteiger charge is -2.21. The van der Waals surface area contributed by atoms with Gasteiger partial charge in [0, 0.05) is 12.7 Å². The summed E-state index contributed by atoms with van der Waals surface area (Å²) in [6, 6.07) is 5.40. The van der Waals surface area contributed by atoms with Crippen LogP contribution >= 0.6 is 12.4 Å². The molecule has 1 aliphatic heterocycles. The Morgan fingerprint density at radius 3 is 3.06 bits per heavy atom. The second kappa shape index (κ2) is 6.70. The number of piperidine rings is 1. The maximum absolute atomic E-state index is 12.2. The number of nitriles is 1. The molecule has 17 heavy (non-hydrogen) atoms. The third-order valence-electron chi connectivity index (χ3n) is 2.64. The Bertz CT molecular complexity index is 441. The summed E-state index contributed by atoms with van der Waals surface area (Å²) in [5.74, 6) is 0. The lowest BCUT2D eigenvalue weighted by atomic mass is 10.2. The van der Waals surface area contributed by atoms with Crippen LogP contribution in [-0.2, 0) is 10.8 Å². The molecule has 6 heteroatoms. The van der Waals surface area contributed by atoms with Gasteiger partial charge in [-0.25, -0.2) is 4.98 Å². The largest absolute Gasteiger partial charge is 0.316 e. The molecule has 0 aliphatic carbocycles. The van der Waals surface area contributed by atoms with Crippen LogP contribution in [0.4, 0.5) is 0 Å². The number of rotatable bonds is 2. The fourth-order valence-electron chi connectivity index (χ4n) is 1.80. The quantitative estimate of drug-likeness (QED) is 0.879. The maximum Gasteiger partial charge on any atom is 0.145 e. The van der Waals surface area contributed by atoms with Crippen LogP contribution in [-0.4, -0.2) is 27.5 Å². The lowest BCUT2D eigenvalue weighted by Crippen LogP contribution is -2.36. The van der Waals surface area contributed by atoms with E-state index < -0.39 is 10.8 Å². The summed E-state index contributed by atoms with van der Waals surface area (Å²) in [5.41, 5.74) is 0.423. The first-order chi connectivity index (χ1) is 7.83. The summed E-state index contributed by atoms with van der Waals surface area (Å²) in [6.07, 6.45) is 3.55. The molecule has 2 atom stereocenters. The summed E-state index contributed by atoms with van der Waals surface area (Å²) in [4.78, 5) is 4.07. The predicted octanol–water partition coefficient (Wildman–Crippen LogP) is 1.23. The molecule has 1 aromatic rings. The van der Waals surface area contributed by atoms with Gasteiger partial charge >= 0.3 is 0 Å². The van der Waals surface area contributed by atoms with Crippen LogP contribution in [0.15, 0.2) is 23.4 Å². The van der Waals surface area contributed by atoms with Gasteiger partial charge in [0.2, 0.25) is 0 Å². The van der Waals surface area contributed by atoms with Crippen molar-refractivity contribution in [3.05, 3.63) is 23.9 Å². The highest BCUT2D eigenvalue weighted by Gasteiger charge is 2.23. The van der Waals surface area contributed by atoms with Crippen LogP contribution in [0.25, 0.3) is 0 Å². The molecule has 2 unspecified atom stereocenters. The summed E-state index contributed by atoms with van der Waals surface area (Å²) in [7, 11) is -1.18. The standard InChI is InChI=1S/C11H13N3OS.ClH/c12-7-9-3-1-6-14-11(9)16(15)10-4-2-5-13-8-10;/h1,3,6,10,13H,2,4-5,8H2;1H. The second-order valence-electron chi connectivity index (χ2n) is 3.73. The van der Waals surface area contributed by atoms with Crippen molar-refractivity contribution in [1.82, 2.24) is 10.3 Å². The van der Waals surface area contributed by atoms with E-state index in [9.17, 15) is 4.21 Å². The summed E-state index contributed by atoms with van der Waals surface area (Å²) >= 11 is 0. The molecular formula is C11H14ClN3OS. The second-order valence-corrected chi connectivity index (χ2v) is 5.38. The highest BCUT2D eigenvalue weighted by molar-refractivity contribution is 7.85. The number of hydrogen-bond acceptors (Lipinski definition) is 4. The lowest BCUT2D eigenvalue weighted by molar-refractivity contribution is 0.519. The van der Waals surface area contributed by atoms with Crippen LogP contribution in [0.2, 0.25) is 0 Å². The van der Waals surface area contributed by atoms with E-state index in [-0.39, 0.29) is 17.7 Å². The van der Waals surface area contributed by atoms with Gasteiger partial charge in [-0.3, -0.25) is 4.21 Å². The average molecular weight is 272 g/mol. The van der Waals surface area contributed by atoms with Crippen LogP contribution in [0, 0.1) is 11.3 Å². The van der Waals surface area contributed by atoms with Gasteiger partial charge in [-0.1, -0.05) is 0 Å². The van der Waals surface area contributed by atoms with Crippen molar-refractivity contribution < 1.29 is 4.21 Å².